The van der Waals surface area contributed by atoms with Crippen LogP contribution in [0.3, 0.4) is 0 Å². The van der Waals surface area contributed by atoms with Crippen LogP contribution >= 0.6 is 11.3 Å². The van der Waals surface area contributed by atoms with Crippen molar-refractivity contribution in [2.45, 2.75) is 12.8 Å². The first-order valence-corrected chi connectivity index (χ1v) is 10.7. The molecule has 1 aliphatic heterocycles. The molecule has 0 saturated carbocycles. The monoisotopic (exact) mass is 408 g/mol. The molecule has 150 valence electrons. The number of amides is 1. The van der Waals surface area contributed by atoms with Crippen molar-refractivity contribution in [1.82, 2.24) is 19.9 Å². The van der Waals surface area contributed by atoms with E-state index in [1.807, 2.05) is 40.6 Å². The van der Waals surface area contributed by atoms with Crippen molar-refractivity contribution in [3.05, 3.63) is 65.4 Å². The average Bonchev–Trinajstić information content (AvgIpc) is 3.45. The lowest BCUT2D eigenvalue weighted by Crippen LogP contribution is -2.48. The average molecular weight is 409 g/mol. The molecule has 7 heteroatoms. The number of benzene rings is 1. The molecule has 3 heterocycles. The Hall–Kier alpha value is -2.77. The lowest BCUT2D eigenvalue weighted by molar-refractivity contribution is -0.132. The Morgan fingerprint density at radius 1 is 1.10 bits per heavy atom. The van der Waals surface area contributed by atoms with E-state index in [1.165, 1.54) is 5.56 Å². The van der Waals surface area contributed by atoms with Crippen LogP contribution in [0.4, 0.5) is 0 Å². The second kappa shape index (κ2) is 9.62. The second-order valence-electron chi connectivity index (χ2n) is 6.98. The van der Waals surface area contributed by atoms with Gasteiger partial charge in [-0.2, -0.15) is 4.98 Å². The van der Waals surface area contributed by atoms with Crippen LogP contribution in [0.1, 0.15) is 17.9 Å². The van der Waals surface area contributed by atoms with E-state index < -0.39 is 0 Å². The number of piperazine rings is 1. The maximum Gasteiger partial charge on any atom is 0.227 e. The molecule has 1 fully saturated rings. The zero-order chi connectivity index (χ0) is 19.9. The predicted molar refractivity (Wildman–Crippen MR) is 114 cm³/mol. The van der Waals surface area contributed by atoms with Gasteiger partial charge in [-0.15, -0.1) is 11.3 Å². The van der Waals surface area contributed by atoms with Crippen LogP contribution in [-0.2, 0) is 11.2 Å². The summed E-state index contributed by atoms with van der Waals surface area (Å²) < 4.78 is 5.28. The minimum absolute atomic E-state index is 0.153. The molecule has 29 heavy (non-hydrogen) atoms. The van der Waals surface area contributed by atoms with Gasteiger partial charge >= 0.3 is 0 Å². The normalized spacial score (nSPS) is 15.2. The molecule has 1 aliphatic rings. The molecule has 0 bridgehead atoms. The summed E-state index contributed by atoms with van der Waals surface area (Å²) >= 11 is 1.57. The summed E-state index contributed by atoms with van der Waals surface area (Å²) in [7, 11) is 0. The fraction of sp³-hybridized carbons (Fsp3) is 0.318. The number of rotatable bonds is 7. The van der Waals surface area contributed by atoms with Gasteiger partial charge in [-0.3, -0.25) is 9.69 Å². The van der Waals surface area contributed by atoms with Gasteiger partial charge in [-0.05, 0) is 17.0 Å². The summed E-state index contributed by atoms with van der Waals surface area (Å²) in [5, 5.41) is 5.97. The van der Waals surface area contributed by atoms with Crippen molar-refractivity contribution < 1.29 is 9.32 Å². The molecule has 1 saturated heterocycles. The number of hydrogen-bond acceptors (Lipinski definition) is 6. The Kier molecular flexibility index (Phi) is 6.49. The second-order valence-corrected chi connectivity index (χ2v) is 7.93. The molecule has 1 aromatic carbocycles. The zero-order valence-corrected chi connectivity index (χ0v) is 17.1. The molecule has 6 nitrogen and oxygen atoms in total. The van der Waals surface area contributed by atoms with Gasteiger partial charge in [0.2, 0.25) is 17.6 Å². The third kappa shape index (κ3) is 5.40. The van der Waals surface area contributed by atoms with E-state index >= 15 is 0 Å². The van der Waals surface area contributed by atoms with E-state index in [9.17, 15) is 4.79 Å². The van der Waals surface area contributed by atoms with Gasteiger partial charge in [0.15, 0.2) is 0 Å². The van der Waals surface area contributed by atoms with Crippen molar-refractivity contribution in [1.29, 1.82) is 0 Å². The molecular formula is C22H24N4O2S. The van der Waals surface area contributed by atoms with E-state index in [-0.39, 0.29) is 5.91 Å². The van der Waals surface area contributed by atoms with Crippen LogP contribution in [0.15, 0.2) is 58.4 Å². The zero-order valence-electron chi connectivity index (χ0n) is 16.2. The molecule has 2 aromatic heterocycles. The maximum absolute atomic E-state index is 12.5. The summed E-state index contributed by atoms with van der Waals surface area (Å²) in [6.07, 6.45) is 5.22. The molecule has 0 unspecified atom stereocenters. The molecule has 3 aromatic rings. The van der Waals surface area contributed by atoms with Gasteiger partial charge in [0.25, 0.3) is 0 Å². The number of hydrogen-bond donors (Lipinski definition) is 0. The topological polar surface area (TPSA) is 62.5 Å². The quantitative estimate of drug-likeness (QED) is 0.598. The number of thiophene rings is 1. The van der Waals surface area contributed by atoms with Crippen LogP contribution in [-0.4, -0.2) is 58.6 Å². The van der Waals surface area contributed by atoms with Crippen LogP contribution in [0.25, 0.3) is 16.8 Å². The standard InChI is InChI=1S/C22H24N4O2S/c27-21(11-10-20-23-22(24-28-20)19-9-5-17-29-19)26-15-13-25(14-16-26)12-4-8-18-6-2-1-3-7-18/h1-9,17H,10-16H2/b8-4+. The van der Waals surface area contributed by atoms with Crippen LogP contribution in [0.2, 0.25) is 0 Å². The fourth-order valence-corrected chi connectivity index (χ4v) is 3.97. The molecule has 0 N–H and O–H groups in total. The summed E-state index contributed by atoms with van der Waals surface area (Å²) in [5.74, 6) is 1.27. The summed E-state index contributed by atoms with van der Waals surface area (Å²) in [6.45, 7) is 4.23. The van der Waals surface area contributed by atoms with Crippen molar-refractivity contribution in [2.75, 3.05) is 32.7 Å². The van der Waals surface area contributed by atoms with E-state index in [1.54, 1.807) is 11.3 Å². The van der Waals surface area contributed by atoms with Gasteiger partial charge in [0.05, 0.1) is 4.88 Å². The third-order valence-corrected chi connectivity index (χ3v) is 5.83. The van der Waals surface area contributed by atoms with E-state index in [0.717, 1.165) is 37.6 Å². The van der Waals surface area contributed by atoms with Crippen LogP contribution in [0.5, 0.6) is 0 Å². The van der Waals surface area contributed by atoms with Crippen LogP contribution < -0.4 is 0 Å². The number of carbonyl (C=O) groups is 1. The molecule has 0 radical (unpaired) electrons. The summed E-state index contributed by atoms with van der Waals surface area (Å²) in [5.41, 5.74) is 1.21. The highest BCUT2D eigenvalue weighted by molar-refractivity contribution is 7.13. The Morgan fingerprint density at radius 3 is 2.69 bits per heavy atom. The first-order chi connectivity index (χ1) is 14.3. The molecule has 4 rings (SSSR count). The first kappa shape index (κ1) is 19.5. The van der Waals surface area contributed by atoms with E-state index in [4.69, 9.17) is 4.52 Å². The third-order valence-electron chi connectivity index (χ3n) is 4.96. The first-order valence-electron chi connectivity index (χ1n) is 9.86. The maximum atomic E-state index is 12.5. The lowest BCUT2D eigenvalue weighted by atomic mass is 10.2. The van der Waals surface area contributed by atoms with Crippen molar-refractivity contribution in [3.8, 4) is 10.7 Å². The molecular weight excluding hydrogens is 384 g/mol. The predicted octanol–water partition coefficient (Wildman–Crippen LogP) is 3.59. The highest BCUT2D eigenvalue weighted by Crippen LogP contribution is 2.21. The van der Waals surface area contributed by atoms with Crippen molar-refractivity contribution in [2.24, 2.45) is 0 Å². The number of aromatic nitrogens is 2. The number of nitrogens with zero attached hydrogens (tertiary/aromatic N) is 4. The minimum Gasteiger partial charge on any atom is -0.340 e. The highest BCUT2D eigenvalue weighted by Gasteiger charge is 2.21. The SMILES string of the molecule is O=C(CCc1nc(-c2cccs2)no1)N1CCN(C/C=C/c2ccccc2)CC1. The van der Waals surface area contributed by atoms with Gasteiger partial charge < -0.3 is 9.42 Å². The smallest absolute Gasteiger partial charge is 0.227 e. The van der Waals surface area contributed by atoms with Gasteiger partial charge in [0.1, 0.15) is 0 Å². The van der Waals surface area contributed by atoms with Crippen LogP contribution in [0, 0.1) is 0 Å². The molecule has 0 aliphatic carbocycles. The Balaban J connectivity index is 1.19. The summed E-state index contributed by atoms with van der Waals surface area (Å²) in [4.78, 5) is 22.2. The molecule has 0 spiro atoms. The van der Waals surface area contributed by atoms with Gasteiger partial charge in [-0.25, -0.2) is 0 Å². The van der Waals surface area contributed by atoms with E-state index in [0.29, 0.717) is 24.6 Å². The summed E-state index contributed by atoms with van der Waals surface area (Å²) in [6, 6.07) is 14.2. The Bertz CT molecular complexity index is 929. The lowest BCUT2D eigenvalue weighted by Gasteiger charge is -2.34. The Morgan fingerprint density at radius 2 is 1.93 bits per heavy atom. The largest absolute Gasteiger partial charge is 0.340 e. The molecule has 1 amide bonds. The van der Waals surface area contributed by atoms with Gasteiger partial charge in [-0.1, -0.05) is 53.7 Å². The van der Waals surface area contributed by atoms with Crippen molar-refractivity contribution >= 4 is 23.3 Å². The fourth-order valence-electron chi connectivity index (χ4n) is 3.32. The van der Waals surface area contributed by atoms with E-state index in [2.05, 4.69) is 39.3 Å². The number of aryl methyl sites for hydroxylation is 1. The highest BCUT2D eigenvalue weighted by atomic mass is 32.1. The van der Waals surface area contributed by atoms with Gasteiger partial charge in [0, 0.05) is 45.6 Å². The van der Waals surface area contributed by atoms with Crippen molar-refractivity contribution in [3.63, 3.8) is 0 Å². The minimum atomic E-state index is 0.153. The number of carbonyl (C=O) groups excluding carboxylic acids is 1. The molecule has 0 atom stereocenters. The Labute approximate surface area is 174 Å².